The highest BCUT2D eigenvalue weighted by Crippen LogP contribution is 2.72. The molecule has 0 aromatic heterocycles. The smallest absolute Gasteiger partial charge is 0.384 e. The summed E-state index contributed by atoms with van der Waals surface area (Å²) in [5, 5.41) is 20.0. The molecule has 0 aromatic carbocycles. The van der Waals surface area contributed by atoms with Crippen LogP contribution in [-0.4, -0.2) is 183 Å². The third-order valence-electron chi connectivity index (χ3n) is 11.4. The molecule has 4 nitrogen and oxygen atoms in total. The summed E-state index contributed by atoms with van der Waals surface area (Å²) < 4.78 is 727. The highest BCUT2D eigenvalue weighted by Gasteiger charge is 3.03. The Morgan fingerprint density at radius 3 is 0.570 bits per heavy atom. The van der Waals surface area contributed by atoms with E-state index in [1.165, 1.54) is 0 Å². The highest BCUT2D eigenvalue weighted by atomic mass is 19.5. The summed E-state index contributed by atoms with van der Waals surface area (Å²) in [5.41, 5.74) is -10.3. The van der Waals surface area contributed by atoms with Crippen LogP contribution >= 0.6 is 0 Å². The Kier molecular flexibility index (Phi) is 18.3. The second kappa shape index (κ2) is 19.6. The molecule has 1 heterocycles. The van der Waals surface area contributed by atoms with Crippen molar-refractivity contribution >= 4 is 0 Å². The molecule has 0 saturated carbocycles. The lowest BCUT2D eigenvalue weighted by Crippen LogP contribution is -2.85. The fourth-order valence-electron chi connectivity index (χ4n) is 6.27. The topological polar surface area (TPSA) is 58.9 Å². The maximum Gasteiger partial charge on any atom is 0.460 e. The van der Waals surface area contributed by atoms with Gasteiger partial charge in [0.25, 0.3) is 0 Å². The van der Waals surface area contributed by atoms with Crippen LogP contribution in [0.5, 0.6) is 0 Å². The SMILES string of the molecule is CC1(C)O[C@@H]([C@H](O)C(F)(F)C(F)(F)C(F)(F)C(F)(F)C(F)(F)C(F)(F)C(F)(F)C(F)(F)F)[C@H](C(O)(C(F)(F)C(F)(F)C(F)(F)C(F)(F)C(F)(F)C(F)(F)C(F)(F)C(F)(F)F)C(F)(F)C(F)(F)C(F)(F)C(F)(F)C(F)(F)C(F)(F)C(F)(F)C(F)(F)F)O1. The molecular weight excluding hydrogens is 1410 g/mol. The summed E-state index contributed by atoms with van der Waals surface area (Å²) in [5.74, 6) is -219. The molecule has 0 bridgehead atoms. The van der Waals surface area contributed by atoms with Gasteiger partial charge in [-0.1, -0.05) is 0 Å². The Labute approximate surface area is 431 Å². The largest absolute Gasteiger partial charge is 0.460 e. The van der Waals surface area contributed by atoms with Crippen LogP contribution in [-0.2, 0) is 9.47 Å². The molecule has 1 fully saturated rings. The Morgan fingerprint density at radius 2 is 0.395 bits per heavy atom. The van der Waals surface area contributed by atoms with Gasteiger partial charge in [-0.2, -0.15) is 224 Å². The number of ether oxygens (including phenoxy) is 2. The standard InChI is InChI=1S/C31H11F51O4/c1-6(2)85-3(4(83)8(32,33)11(38,39)14(44,45)17(50,51)20(56,57)23(62,63)26(68,69)29(74,75)76)5(86-6)7(84,9(34,35)12(40,41)15(46,47)18(52,53)21(58,59)24(64,65)27(70,71)30(77,78)79)10(36,37)13(42,43)16(48,49)19(54,55)22(60,61)25(66,67)28(72,73)31(80,81)82/h3-5,83-84H,1-2H3/t3-,4-,5+/m0/s1. The van der Waals surface area contributed by atoms with E-state index in [0.29, 0.717) is 0 Å². The number of rotatable bonds is 23. The van der Waals surface area contributed by atoms with Gasteiger partial charge in [-0.15, -0.1) is 0 Å². The maximum atomic E-state index is 16.1. The summed E-state index contributed by atoms with van der Waals surface area (Å²) >= 11 is 0. The first-order chi connectivity index (χ1) is 36.1. The fraction of sp³-hybridized carbons (Fsp3) is 1.00. The molecular formula is C31H11F51O4. The molecule has 0 spiro atoms. The number of aliphatic hydroxyl groups is 2. The lowest BCUT2D eigenvalue weighted by atomic mass is 9.70. The van der Waals surface area contributed by atoms with Crippen molar-refractivity contribution in [1.29, 1.82) is 0 Å². The van der Waals surface area contributed by atoms with E-state index in [1.54, 1.807) is 0 Å². The van der Waals surface area contributed by atoms with E-state index in [2.05, 4.69) is 9.47 Å². The second-order valence-electron chi connectivity index (χ2n) is 17.3. The van der Waals surface area contributed by atoms with Crippen molar-refractivity contribution in [3.05, 3.63) is 0 Å². The van der Waals surface area contributed by atoms with Crippen molar-refractivity contribution in [1.82, 2.24) is 0 Å². The minimum atomic E-state index is -11.0. The summed E-state index contributed by atoms with van der Waals surface area (Å²) in [6.45, 7) is -2.25. The van der Waals surface area contributed by atoms with Crippen LogP contribution in [0.4, 0.5) is 224 Å². The molecule has 0 unspecified atom stereocenters. The van der Waals surface area contributed by atoms with Gasteiger partial charge in [0.2, 0.25) is 5.60 Å². The third-order valence-corrected chi connectivity index (χ3v) is 11.4. The molecule has 1 rings (SSSR count). The molecule has 86 heavy (non-hydrogen) atoms. The zero-order chi connectivity index (χ0) is 71.1. The number of hydrogen-bond donors (Lipinski definition) is 2. The molecule has 55 heteroatoms. The molecule has 2 N–H and O–H groups in total. The molecule has 1 aliphatic rings. The van der Waals surface area contributed by atoms with E-state index >= 15 is 43.9 Å². The Bertz CT molecular complexity index is 2350. The van der Waals surface area contributed by atoms with Crippen LogP contribution in [0, 0.1) is 0 Å². The zero-order valence-electron chi connectivity index (χ0n) is 37.7. The molecule has 0 aromatic rings. The van der Waals surface area contributed by atoms with Gasteiger partial charge in [-0.25, -0.2) is 0 Å². The third kappa shape index (κ3) is 9.27. The van der Waals surface area contributed by atoms with Crippen LogP contribution in [0.25, 0.3) is 0 Å². The molecule has 3 atom stereocenters. The van der Waals surface area contributed by atoms with Gasteiger partial charge in [0.05, 0.1) is 0 Å². The number of alkyl halides is 51. The van der Waals surface area contributed by atoms with Gasteiger partial charge >= 0.3 is 143 Å². The second-order valence-corrected chi connectivity index (χ2v) is 17.3. The van der Waals surface area contributed by atoms with E-state index in [0.717, 1.165) is 0 Å². The molecule has 0 amide bonds. The predicted molar refractivity (Wildman–Crippen MR) is 157 cm³/mol. The van der Waals surface area contributed by atoms with Crippen LogP contribution in [0.2, 0.25) is 0 Å². The van der Waals surface area contributed by atoms with E-state index in [4.69, 9.17) is 0 Å². The van der Waals surface area contributed by atoms with Crippen LogP contribution in [0.3, 0.4) is 0 Å². The van der Waals surface area contributed by atoms with Gasteiger partial charge in [0, 0.05) is 0 Å². The maximum absolute atomic E-state index is 16.1. The van der Waals surface area contributed by atoms with E-state index in [9.17, 15) is 190 Å². The molecule has 0 aliphatic carbocycles. The lowest BCUT2D eigenvalue weighted by molar-refractivity contribution is -0.494. The summed E-state index contributed by atoms with van der Waals surface area (Å²) in [6, 6.07) is 0. The van der Waals surface area contributed by atoms with Gasteiger partial charge in [-0.05, 0) is 13.8 Å². The van der Waals surface area contributed by atoms with Crippen LogP contribution in [0.1, 0.15) is 13.8 Å². The summed E-state index contributed by atoms with van der Waals surface area (Å²) in [4.78, 5) is 0. The average molecular weight is 1420 g/mol. The highest BCUT2D eigenvalue weighted by molar-refractivity contribution is 5.28. The lowest BCUT2D eigenvalue weighted by Gasteiger charge is -2.52. The van der Waals surface area contributed by atoms with Crippen molar-refractivity contribution in [2.45, 2.75) is 186 Å². The minimum Gasteiger partial charge on any atom is -0.384 e. The first-order valence-electron chi connectivity index (χ1n) is 19.0. The molecule has 1 aliphatic heterocycles. The normalized spacial score (nSPS) is 20.7. The van der Waals surface area contributed by atoms with Gasteiger partial charge in [0.15, 0.2) is 11.9 Å². The van der Waals surface area contributed by atoms with E-state index in [1.807, 2.05) is 0 Å². The van der Waals surface area contributed by atoms with Crippen molar-refractivity contribution in [3.8, 4) is 0 Å². The van der Waals surface area contributed by atoms with Crippen LogP contribution < -0.4 is 0 Å². The molecule has 516 valence electrons. The monoisotopic (exact) mass is 1420 g/mol. The quantitative estimate of drug-likeness (QED) is 0.100. The first kappa shape index (κ1) is 80.3. The van der Waals surface area contributed by atoms with Gasteiger partial charge < -0.3 is 19.7 Å². The Balaban J connectivity index is 5.11. The zero-order valence-corrected chi connectivity index (χ0v) is 37.7. The number of aliphatic hydroxyl groups excluding tert-OH is 1. The van der Waals surface area contributed by atoms with Crippen LogP contribution in [0.15, 0.2) is 0 Å². The molecule has 0 radical (unpaired) electrons. The molecule has 1 saturated heterocycles. The number of hydrogen-bond acceptors (Lipinski definition) is 4. The summed E-state index contributed by atoms with van der Waals surface area (Å²) in [7, 11) is 0. The summed E-state index contributed by atoms with van der Waals surface area (Å²) in [6.07, 6.45) is -48.0. The van der Waals surface area contributed by atoms with Crippen molar-refractivity contribution in [3.63, 3.8) is 0 Å². The van der Waals surface area contributed by atoms with Crippen molar-refractivity contribution in [2.75, 3.05) is 0 Å². The van der Waals surface area contributed by atoms with E-state index in [-0.39, 0.29) is 0 Å². The van der Waals surface area contributed by atoms with Gasteiger partial charge in [-0.3, -0.25) is 0 Å². The van der Waals surface area contributed by atoms with Gasteiger partial charge in [0.1, 0.15) is 12.2 Å². The van der Waals surface area contributed by atoms with Crippen molar-refractivity contribution in [2.24, 2.45) is 0 Å². The minimum absolute atomic E-state index is 1.12. The average Bonchev–Trinajstić information content (AvgIpc) is 3.60. The Morgan fingerprint density at radius 1 is 0.244 bits per heavy atom. The van der Waals surface area contributed by atoms with Crippen molar-refractivity contribution < 1.29 is 244 Å². The predicted octanol–water partition coefficient (Wildman–Crippen LogP) is 15.6. The Hall–Kier alpha value is -3.73. The van der Waals surface area contributed by atoms with E-state index < -0.39 is 186 Å². The fourth-order valence-corrected chi connectivity index (χ4v) is 6.27. The first-order valence-corrected chi connectivity index (χ1v) is 19.0. The number of halogens is 51.